The highest BCUT2D eigenvalue weighted by molar-refractivity contribution is 6.25. The van der Waals surface area contributed by atoms with Crippen LogP contribution in [0.3, 0.4) is 0 Å². The van der Waals surface area contributed by atoms with Gasteiger partial charge in [0.15, 0.2) is 0 Å². The third kappa shape index (κ3) is 2.74. The number of benzene rings is 3. The van der Waals surface area contributed by atoms with Gasteiger partial charge in [-0.05, 0) is 59.3 Å². The van der Waals surface area contributed by atoms with Gasteiger partial charge < -0.3 is 0 Å². The van der Waals surface area contributed by atoms with Gasteiger partial charge in [0, 0.05) is 40.5 Å². The van der Waals surface area contributed by atoms with Gasteiger partial charge in [-0.25, -0.2) is 4.98 Å². The van der Waals surface area contributed by atoms with Crippen molar-refractivity contribution in [1.82, 2.24) is 19.4 Å². The molecule has 4 nitrogen and oxygen atoms in total. The lowest BCUT2D eigenvalue weighted by Crippen LogP contribution is -1.89. The van der Waals surface area contributed by atoms with Gasteiger partial charge in [0.1, 0.15) is 5.65 Å². The van der Waals surface area contributed by atoms with E-state index in [1.165, 1.54) is 16.2 Å². The molecule has 0 N–H and O–H groups in total. The Balaban J connectivity index is 1.65. The summed E-state index contributed by atoms with van der Waals surface area (Å²) in [6.07, 6.45) is 5.76. The van der Waals surface area contributed by atoms with Crippen LogP contribution in [0.25, 0.3) is 60.7 Å². The molecule has 154 valence electrons. The number of imidazole rings is 1. The zero-order chi connectivity index (χ0) is 21.8. The molecule has 33 heavy (non-hydrogen) atoms. The summed E-state index contributed by atoms with van der Waals surface area (Å²) in [5, 5.41) is 4.67. The number of rotatable bonds is 2. The summed E-state index contributed by atoms with van der Waals surface area (Å²) >= 11 is 0. The predicted molar refractivity (Wildman–Crippen MR) is 134 cm³/mol. The van der Waals surface area contributed by atoms with E-state index in [4.69, 9.17) is 4.98 Å². The lowest BCUT2D eigenvalue weighted by atomic mass is 9.95. The SMILES string of the molecule is c1ccc(-c2ccc3c(c2)c2cc(-c4ccccn4)ccc2c2c3nc3ccccn32)nc1. The summed E-state index contributed by atoms with van der Waals surface area (Å²) in [5.41, 5.74) is 7.21. The molecule has 4 heteroatoms. The van der Waals surface area contributed by atoms with Crippen LogP contribution in [-0.2, 0) is 0 Å². The molecule has 0 aliphatic heterocycles. The summed E-state index contributed by atoms with van der Waals surface area (Å²) in [4.78, 5) is 14.2. The van der Waals surface area contributed by atoms with Gasteiger partial charge in [-0.3, -0.25) is 14.4 Å². The van der Waals surface area contributed by atoms with E-state index in [-0.39, 0.29) is 0 Å². The first-order valence-electron chi connectivity index (χ1n) is 11.0. The fourth-order valence-corrected chi connectivity index (χ4v) is 4.77. The third-order valence-corrected chi connectivity index (χ3v) is 6.29. The molecular weight excluding hydrogens is 404 g/mol. The van der Waals surface area contributed by atoms with E-state index in [1.54, 1.807) is 0 Å². The van der Waals surface area contributed by atoms with E-state index in [0.29, 0.717) is 0 Å². The van der Waals surface area contributed by atoms with Crippen molar-refractivity contribution in [2.75, 3.05) is 0 Å². The molecule has 0 atom stereocenters. The first-order chi connectivity index (χ1) is 16.4. The normalized spacial score (nSPS) is 11.6. The largest absolute Gasteiger partial charge is 0.299 e. The van der Waals surface area contributed by atoms with Crippen LogP contribution >= 0.6 is 0 Å². The van der Waals surface area contributed by atoms with Gasteiger partial charge in [-0.1, -0.05) is 42.5 Å². The van der Waals surface area contributed by atoms with Crippen LogP contribution < -0.4 is 0 Å². The number of aromatic nitrogens is 4. The van der Waals surface area contributed by atoms with Crippen molar-refractivity contribution in [3.63, 3.8) is 0 Å². The van der Waals surface area contributed by atoms with Crippen LogP contribution in [0.1, 0.15) is 0 Å². The maximum absolute atomic E-state index is 5.01. The molecule has 4 heterocycles. The monoisotopic (exact) mass is 422 g/mol. The van der Waals surface area contributed by atoms with Crippen molar-refractivity contribution in [3.8, 4) is 22.5 Å². The second-order valence-electron chi connectivity index (χ2n) is 8.19. The number of fused-ring (bicyclic) bond motifs is 8. The van der Waals surface area contributed by atoms with E-state index in [0.717, 1.165) is 44.6 Å². The molecule has 3 aromatic carbocycles. The minimum atomic E-state index is 0.948. The quantitative estimate of drug-likeness (QED) is 0.284. The van der Waals surface area contributed by atoms with Gasteiger partial charge in [0.05, 0.1) is 22.4 Å². The second-order valence-corrected chi connectivity index (χ2v) is 8.19. The maximum Gasteiger partial charge on any atom is 0.137 e. The predicted octanol–water partition coefficient (Wildman–Crippen LogP) is 6.92. The Labute approximate surface area is 189 Å². The first-order valence-corrected chi connectivity index (χ1v) is 11.0. The van der Waals surface area contributed by atoms with E-state index in [2.05, 4.69) is 75.2 Å². The van der Waals surface area contributed by atoms with Crippen molar-refractivity contribution < 1.29 is 0 Å². The Morgan fingerprint density at radius 1 is 0.545 bits per heavy atom. The summed E-state index contributed by atoms with van der Waals surface area (Å²) in [5.74, 6) is 0. The highest BCUT2D eigenvalue weighted by Crippen LogP contribution is 2.38. The minimum Gasteiger partial charge on any atom is -0.299 e. The first kappa shape index (κ1) is 18.0. The molecule has 0 bridgehead atoms. The van der Waals surface area contributed by atoms with Gasteiger partial charge in [0.2, 0.25) is 0 Å². The van der Waals surface area contributed by atoms with Gasteiger partial charge in [-0.2, -0.15) is 0 Å². The fourth-order valence-electron chi connectivity index (χ4n) is 4.77. The van der Waals surface area contributed by atoms with Crippen LogP contribution in [0.2, 0.25) is 0 Å². The average Bonchev–Trinajstić information content (AvgIpc) is 3.29. The Bertz CT molecular complexity index is 1800. The molecule has 0 amide bonds. The van der Waals surface area contributed by atoms with Crippen molar-refractivity contribution in [1.29, 1.82) is 0 Å². The maximum atomic E-state index is 5.01. The van der Waals surface area contributed by atoms with Crippen molar-refractivity contribution >= 4 is 38.2 Å². The van der Waals surface area contributed by atoms with Gasteiger partial charge >= 0.3 is 0 Å². The number of hydrogen-bond donors (Lipinski definition) is 0. The van der Waals surface area contributed by atoms with Crippen molar-refractivity contribution in [2.45, 2.75) is 0 Å². The summed E-state index contributed by atoms with van der Waals surface area (Å²) in [6, 6.07) is 31.4. The smallest absolute Gasteiger partial charge is 0.137 e. The molecule has 7 rings (SSSR count). The zero-order valence-electron chi connectivity index (χ0n) is 17.7. The van der Waals surface area contributed by atoms with E-state index >= 15 is 0 Å². The summed E-state index contributed by atoms with van der Waals surface area (Å²) < 4.78 is 2.18. The Hall–Kier alpha value is -4.57. The van der Waals surface area contributed by atoms with E-state index in [1.807, 2.05) is 48.8 Å². The molecule has 0 radical (unpaired) electrons. The lowest BCUT2D eigenvalue weighted by molar-refractivity contribution is 1.23. The van der Waals surface area contributed by atoms with E-state index < -0.39 is 0 Å². The Morgan fingerprint density at radius 2 is 1.18 bits per heavy atom. The van der Waals surface area contributed by atoms with Crippen LogP contribution in [0.4, 0.5) is 0 Å². The molecule has 0 unspecified atom stereocenters. The second kappa shape index (κ2) is 6.97. The molecule has 4 aromatic heterocycles. The molecule has 0 saturated heterocycles. The van der Waals surface area contributed by atoms with Crippen LogP contribution in [0.15, 0.2) is 110 Å². The van der Waals surface area contributed by atoms with Crippen LogP contribution in [-0.4, -0.2) is 19.4 Å². The molecule has 0 spiro atoms. The average molecular weight is 422 g/mol. The number of pyridine rings is 3. The molecule has 0 aliphatic carbocycles. The van der Waals surface area contributed by atoms with Crippen LogP contribution in [0, 0.1) is 0 Å². The Kier molecular flexibility index (Phi) is 3.81. The van der Waals surface area contributed by atoms with Crippen molar-refractivity contribution in [3.05, 3.63) is 110 Å². The molecule has 7 aromatic rings. The molecule has 0 aliphatic rings. The standard InChI is InChI=1S/C29H18N4/c1-4-14-30-25(7-1)19-10-12-21-23(17-19)24-18-20(26-8-2-5-15-31-26)11-13-22(24)29-28(21)32-27-9-3-6-16-33(27)29/h1-18H. The lowest BCUT2D eigenvalue weighted by Gasteiger charge is -2.11. The molecule has 0 saturated carbocycles. The minimum absolute atomic E-state index is 0.948. The summed E-state index contributed by atoms with van der Waals surface area (Å²) in [6.45, 7) is 0. The number of hydrogen-bond acceptors (Lipinski definition) is 3. The van der Waals surface area contributed by atoms with Crippen LogP contribution in [0.5, 0.6) is 0 Å². The number of nitrogens with zero attached hydrogens (tertiary/aromatic N) is 4. The topological polar surface area (TPSA) is 43.1 Å². The van der Waals surface area contributed by atoms with Gasteiger partial charge in [-0.15, -0.1) is 0 Å². The highest BCUT2D eigenvalue weighted by Gasteiger charge is 2.16. The molecule has 0 fully saturated rings. The highest BCUT2D eigenvalue weighted by atomic mass is 15.0. The Morgan fingerprint density at radius 3 is 1.85 bits per heavy atom. The fraction of sp³-hybridized carbons (Fsp3) is 0. The summed E-state index contributed by atoms with van der Waals surface area (Å²) in [7, 11) is 0. The molecular formula is C29H18N4. The van der Waals surface area contributed by atoms with Crippen molar-refractivity contribution in [2.24, 2.45) is 0 Å². The van der Waals surface area contributed by atoms with E-state index in [9.17, 15) is 0 Å². The third-order valence-electron chi connectivity index (χ3n) is 6.29. The zero-order valence-corrected chi connectivity index (χ0v) is 17.7. The van der Waals surface area contributed by atoms with Gasteiger partial charge in [0.25, 0.3) is 0 Å².